The van der Waals surface area contributed by atoms with Crippen LogP contribution >= 0.6 is 0 Å². The second-order valence-corrected chi connectivity index (χ2v) is 5.04. The van der Waals surface area contributed by atoms with Gasteiger partial charge in [0, 0.05) is 6.61 Å². The van der Waals surface area contributed by atoms with Gasteiger partial charge in [-0.05, 0) is 26.2 Å². The Bertz CT molecular complexity index is 320. The van der Waals surface area contributed by atoms with Crippen molar-refractivity contribution < 1.29 is 19.4 Å². The zero-order valence-electron chi connectivity index (χ0n) is 11.2. The SMILES string of the molecule is CCC(CC)(NC(=O)NC1(C)CCOC1)C(=O)O. The maximum absolute atomic E-state index is 11.9. The van der Waals surface area contributed by atoms with E-state index in [4.69, 9.17) is 4.74 Å². The van der Waals surface area contributed by atoms with E-state index in [0.29, 0.717) is 26.1 Å². The number of hydrogen-bond acceptors (Lipinski definition) is 3. The molecule has 3 N–H and O–H groups in total. The van der Waals surface area contributed by atoms with Crippen LogP contribution in [0.15, 0.2) is 0 Å². The first kappa shape index (κ1) is 14.8. The van der Waals surface area contributed by atoms with Crippen LogP contribution in [0.2, 0.25) is 0 Å². The lowest BCUT2D eigenvalue weighted by Crippen LogP contribution is -2.60. The third kappa shape index (κ3) is 3.13. The number of carbonyl (C=O) groups excluding carboxylic acids is 1. The van der Waals surface area contributed by atoms with Gasteiger partial charge in [-0.25, -0.2) is 9.59 Å². The topological polar surface area (TPSA) is 87.7 Å². The van der Waals surface area contributed by atoms with Gasteiger partial charge in [0.2, 0.25) is 0 Å². The Morgan fingerprint density at radius 2 is 2.00 bits per heavy atom. The van der Waals surface area contributed by atoms with Crippen molar-refractivity contribution >= 4 is 12.0 Å². The first-order chi connectivity index (χ1) is 8.37. The molecule has 104 valence electrons. The molecule has 2 amide bonds. The number of hydrogen-bond donors (Lipinski definition) is 3. The first-order valence-corrected chi connectivity index (χ1v) is 6.29. The van der Waals surface area contributed by atoms with E-state index in [0.717, 1.165) is 6.42 Å². The van der Waals surface area contributed by atoms with Crippen LogP contribution in [-0.4, -0.2) is 41.4 Å². The number of carbonyl (C=O) groups is 2. The number of nitrogens with one attached hydrogen (secondary N) is 2. The summed E-state index contributed by atoms with van der Waals surface area (Å²) in [5.74, 6) is -1.00. The Morgan fingerprint density at radius 1 is 1.39 bits per heavy atom. The van der Waals surface area contributed by atoms with Crippen molar-refractivity contribution in [2.75, 3.05) is 13.2 Å². The molecule has 1 heterocycles. The molecule has 1 aliphatic rings. The predicted octanol–water partition coefficient (Wildman–Crippen LogP) is 1.11. The molecule has 0 radical (unpaired) electrons. The van der Waals surface area contributed by atoms with Crippen LogP contribution in [0.4, 0.5) is 4.79 Å². The Balaban J connectivity index is 2.64. The van der Waals surface area contributed by atoms with Crippen molar-refractivity contribution in [2.45, 2.75) is 51.1 Å². The Hall–Kier alpha value is -1.30. The smallest absolute Gasteiger partial charge is 0.329 e. The molecule has 1 saturated heterocycles. The van der Waals surface area contributed by atoms with Gasteiger partial charge in [0.05, 0.1) is 12.1 Å². The van der Waals surface area contributed by atoms with Crippen LogP contribution in [0, 0.1) is 0 Å². The lowest BCUT2D eigenvalue weighted by Gasteiger charge is -2.31. The van der Waals surface area contributed by atoms with E-state index in [-0.39, 0.29) is 0 Å². The number of ether oxygens (including phenoxy) is 1. The Kier molecular flexibility index (Phi) is 4.56. The molecular formula is C12H22N2O4. The zero-order valence-corrected chi connectivity index (χ0v) is 11.2. The molecule has 0 aliphatic carbocycles. The van der Waals surface area contributed by atoms with Gasteiger partial charge < -0.3 is 20.5 Å². The number of urea groups is 1. The summed E-state index contributed by atoms with van der Waals surface area (Å²) in [4.78, 5) is 23.2. The minimum atomic E-state index is -1.19. The van der Waals surface area contributed by atoms with E-state index in [1.165, 1.54) is 0 Å². The zero-order chi connectivity index (χ0) is 13.8. The highest BCUT2D eigenvalue weighted by atomic mass is 16.5. The third-order valence-electron chi connectivity index (χ3n) is 3.60. The van der Waals surface area contributed by atoms with Crippen LogP contribution in [0.1, 0.15) is 40.0 Å². The first-order valence-electron chi connectivity index (χ1n) is 6.29. The van der Waals surface area contributed by atoms with Gasteiger partial charge in [0.1, 0.15) is 5.54 Å². The molecule has 1 unspecified atom stereocenters. The molecule has 6 nitrogen and oxygen atoms in total. The summed E-state index contributed by atoms with van der Waals surface area (Å²) in [5, 5.41) is 14.6. The molecule has 0 bridgehead atoms. The van der Waals surface area contributed by atoms with Gasteiger partial charge >= 0.3 is 12.0 Å². The fourth-order valence-electron chi connectivity index (χ4n) is 2.07. The van der Waals surface area contributed by atoms with Crippen LogP contribution < -0.4 is 10.6 Å². The second-order valence-electron chi connectivity index (χ2n) is 5.04. The summed E-state index contributed by atoms with van der Waals surface area (Å²) in [5.41, 5.74) is -1.60. The fraction of sp³-hybridized carbons (Fsp3) is 0.833. The van der Waals surface area contributed by atoms with Gasteiger partial charge in [0.25, 0.3) is 0 Å². The monoisotopic (exact) mass is 258 g/mol. The molecule has 1 aliphatic heterocycles. The number of aliphatic carboxylic acids is 1. The second kappa shape index (κ2) is 5.56. The lowest BCUT2D eigenvalue weighted by molar-refractivity contribution is -0.144. The van der Waals surface area contributed by atoms with Crippen molar-refractivity contribution in [3.8, 4) is 0 Å². The summed E-state index contributed by atoms with van der Waals surface area (Å²) < 4.78 is 5.23. The van der Waals surface area contributed by atoms with Crippen molar-refractivity contribution in [2.24, 2.45) is 0 Å². The largest absolute Gasteiger partial charge is 0.480 e. The van der Waals surface area contributed by atoms with Gasteiger partial charge in [0.15, 0.2) is 0 Å². The molecule has 1 fully saturated rings. The summed E-state index contributed by atoms with van der Waals surface area (Å²) in [6, 6.07) is -0.450. The van der Waals surface area contributed by atoms with Crippen molar-refractivity contribution in [3.63, 3.8) is 0 Å². The fourth-order valence-corrected chi connectivity index (χ4v) is 2.07. The highest BCUT2D eigenvalue weighted by Gasteiger charge is 2.38. The van der Waals surface area contributed by atoms with Crippen LogP contribution in [0.5, 0.6) is 0 Å². The molecule has 0 aromatic heterocycles. The van der Waals surface area contributed by atoms with E-state index in [1.54, 1.807) is 13.8 Å². The average molecular weight is 258 g/mol. The highest BCUT2D eigenvalue weighted by molar-refractivity contribution is 5.86. The minimum absolute atomic E-state index is 0.347. The predicted molar refractivity (Wildman–Crippen MR) is 66.5 cm³/mol. The summed E-state index contributed by atoms with van der Waals surface area (Å²) in [7, 11) is 0. The molecule has 0 aromatic rings. The van der Waals surface area contributed by atoms with Gasteiger partial charge in [-0.15, -0.1) is 0 Å². The third-order valence-corrected chi connectivity index (χ3v) is 3.60. The highest BCUT2D eigenvalue weighted by Crippen LogP contribution is 2.19. The van der Waals surface area contributed by atoms with Crippen LogP contribution in [0.25, 0.3) is 0 Å². The lowest BCUT2D eigenvalue weighted by atomic mass is 9.93. The molecular weight excluding hydrogens is 236 g/mol. The van der Waals surface area contributed by atoms with E-state index in [9.17, 15) is 14.7 Å². The summed E-state index contributed by atoms with van der Waals surface area (Å²) >= 11 is 0. The van der Waals surface area contributed by atoms with Crippen LogP contribution in [-0.2, 0) is 9.53 Å². The quantitative estimate of drug-likeness (QED) is 0.689. The number of rotatable bonds is 5. The Labute approximate surface area is 107 Å². The molecule has 0 aromatic carbocycles. The number of carboxylic acid groups (broad SMARTS) is 1. The standard InChI is InChI=1S/C12H22N2O4/c1-4-12(5-2,9(15)16)14-10(17)13-11(3)6-7-18-8-11/h4-8H2,1-3H3,(H,15,16)(H2,13,14,17). The average Bonchev–Trinajstić information content (AvgIpc) is 2.72. The molecule has 0 spiro atoms. The van der Waals surface area contributed by atoms with E-state index >= 15 is 0 Å². The van der Waals surface area contributed by atoms with Crippen molar-refractivity contribution in [1.82, 2.24) is 10.6 Å². The maximum Gasteiger partial charge on any atom is 0.329 e. The molecule has 0 saturated carbocycles. The molecule has 6 heteroatoms. The van der Waals surface area contributed by atoms with E-state index in [2.05, 4.69) is 10.6 Å². The van der Waals surface area contributed by atoms with Crippen LogP contribution in [0.3, 0.4) is 0 Å². The molecule has 1 atom stereocenters. The van der Waals surface area contributed by atoms with Gasteiger partial charge in [-0.1, -0.05) is 13.8 Å². The molecule has 1 rings (SSSR count). The minimum Gasteiger partial charge on any atom is -0.480 e. The summed E-state index contributed by atoms with van der Waals surface area (Å²) in [6.07, 6.45) is 1.43. The summed E-state index contributed by atoms with van der Waals surface area (Å²) in [6.45, 7) is 6.46. The van der Waals surface area contributed by atoms with Crippen molar-refractivity contribution in [1.29, 1.82) is 0 Å². The number of amides is 2. The van der Waals surface area contributed by atoms with Crippen molar-refractivity contribution in [3.05, 3.63) is 0 Å². The number of carboxylic acids is 1. The Morgan fingerprint density at radius 3 is 2.39 bits per heavy atom. The molecule has 18 heavy (non-hydrogen) atoms. The van der Waals surface area contributed by atoms with E-state index < -0.39 is 23.1 Å². The van der Waals surface area contributed by atoms with Gasteiger partial charge in [-0.2, -0.15) is 0 Å². The van der Waals surface area contributed by atoms with E-state index in [1.807, 2.05) is 6.92 Å². The maximum atomic E-state index is 11.9. The van der Waals surface area contributed by atoms with Gasteiger partial charge in [-0.3, -0.25) is 0 Å². The normalized spacial score (nSPS) is 23.7.